The number of hydrogen-bond acceptors (Lipinski definition) is 4. The second-order valence-electron chi connectivity index (χ2n) is 3.86. The molecule has 0 saturated carbocycles. The van der Waals surface area contributed by atoms with Crippen LogP contribution in [0.4, 0.5) is 5.69 Å². The molecule has 5 nitrogen and oxygen atoms in total. The molecule has 0 bridgehead atoms. The van der Waals surface area contributed by atoms with Crippen molar-refractivity contribution in [3.63, 3.8) is 0 Å². The Labute approximate surface area is 125 Å². The van der Waals surface area contributed by atoms with E-state index in [1.54, 1.807) is 25.2 Å². The van der Waals surface area contributed by atoms with E-state index >= 15 is 0 Å². The van der Waals surface area contributed by atoms with E-state index in [1.807, 2.05) is 12.1 Å². The second kappa shape index (κ2) is 5.93. The topological polar surface area (TPSA) is 71.3 Å². The quantitative estimate of drug-likeness (QED) is 0.767. The summed E-state index contributed by atoms with van der Waals surface area (Å²) in [5.41, 5.74) is 0.506. The number of sulfonamides is 1. The summed E-state index contributed by atoms with van der Waals surface area (Å²) in [7, 11) is -1.91. The van der Waals surface area contributed by atoms with Crippen molar-refractivity contribution < 1.29 is 12.8 Å². The number of halogens is 1. The highest BCUT2D eigenvalue weighted by Crippen LogP contribution is 2.19. The Morgan fingerprint density at radius 2 is 1.84 bits per heavy atom. The first-order valence-electron chi connectivity index (χ1n) is 5.53. The molecule has 2 rings (SSSR count). The summed E-state index contributed by atoms with van der Waals surface area (Å²) in [4.78, 5) is 0. The van der Waals surface area contributed by atoms with Crippen molar-refractivity contribution >= 4 is 38.3 Å². The van der Waals surface area contributed by atoms with Gasteiger partial charge in [-0.15, -0.1) is 0 Å². The van der Waals surface area contributed by atoms with Gasteiger partial charge in [-0.3, -0.25) is 4.72 Å². The van der Waals surface area contributed by atoms with Gasteiger partial charge in [0.15, 0.2) is 0 Å². The number of benzene rings is 1. The van der Waals surface area contributed by atoms with Gasteiger partial charge in [-0.2, -0.15) is 8.42 Å². The van der Waals surface area contributed by atoms with Crippen LogP contribution in [0.3, 0.4) is 0 Å². The van der Waals surface area contributed by atoms with Crippen LogP contribution >= 0.6 is 22.6 Å². The minimum Gasteiger partial charge on any atom is -0.446 e. The highest BCUT2D eigenvalue weighted by molar-refractivity contribution is 14.1. The van der Waals surface area contributed by atoms with Gasteiger partial charge in [0.2, 0.25) is 5.09 Å². The van der Waals surface area contributed by atoms with Crippen LogP contribution in [0.15, 0.2) is 45.9 Å². The number of hydrogen-bond donors (Lipinski definition) is 2. The summed E-state index contributed by atoms with van der Waals surface area (Å²) in [6, 6.07) is 10.1. The number of anilines is 1. The lowest BCUT2D eigenvalue weighted by molar-refractivity contribution is 0.408. The van der Waals surface area contributed by atoms with Crippen LogP contribution in [0.1, 0.15) is 5.76 Å². The smallest absolute Gasteiger partial charge is 0.295 e. The average Bonchev–Trinajstić information content (AvgIpc) is 2.82. The molecule has 1 aromatic carbocycles. The van der Waals surface area contributed by atoms with E-state index in [2.05, 4.69) is 32.6 Å². The van der Waals surface area contributed by atoms with Gasteiger partial charge in [-0.25, -0.2) is 0 Å². The van der Waals surface area contributed by atoms with Crippen molar-refractivity contribution in [1.29, 1.82) is 0 Å². The molecule has 0 unspecified atom stereocenters. The van der Waals surface area contributed by atoms with Crippen LogP contribution in [-0.2, 0) is 16.6 Å². The molecule has 7 heteroatoms. The molecule has 0 radical (unpaired) electrons. The predicted octanol–water partition coefficient (Wildman–Crippen LogP) is 2.40. The van der Waals surface area contributed by atoms with Gasteiger partial charge in [0.1, 0.15) is 5.76 Å². The van der Waals surface area contributed by atoms with Gasteiger partial charge in [-0.05, 0) is 66.0 Å². The highest BCUT2D eigenvalue weighted by Gasteiger charge is 2.18. The fourth-order valence-electron chi connectivity index (χ4n) is 1.50. The monoisotopic (exact) mass is 392 g/mol. The largest absolute Gasteiger partial charge is 0.446 e. The summed E-state index contributed by atoms with van der Waals surface area (Å²) in [6.07, 6.45) is 0. The Kier molecular flexibility index (Phi) is 4.48. The molecular formula is C12H13IN2O3S. The Bertz CT molecular complexity index is 650. The normalized spacial score (nSPS) is 11.5. The van der Waals surface area contributed by atoms with E-state index in [4.69, 9.17) is 4.42 Å². The maximum atomic E-state index is 12.1. The Balaban J connectivity index is 2.19. The third-order valence-electron chi connectivity index (χ3n) is 2.35. The third kappa shape index (κ3) is 3.71. The SMILES string of the molecule is CNCc1ccc(S(=O)(=O)Nc2ccc(I)cc2)o1. The molecule has 0 fully saturated rings. The van der Waals surface area contributed by atoms with Crippen molar-refractivity contribution in [2.75, 3.05) is 11.8 Å². The van der Waals surface area contributed by atoms with Crippen LogP contribution < -0.4 is 10.0 Å². The Hall–Kier alpha value is -1.06. The van der Waals surface area contributed by atoms with Crippen LogP contribution in [0.2, 0.25) is 0 Å². The summed E-state index contributed by atoms with van der Waals surface area (Å²) >= 11 is 2.16. The molecule has 1 aromatic heterocycles. The van der Waals surface area contributed by atoms with Gasteiger partial charge >= 0.3 is 0 Å². The zero-order valence-electron chi connectivity index (χ0n) is 10.2. The zero-order valence-corrected chi connectivity index (χ0v) is 13.2. The lowest BCUT2D eigenvalue weighted by Gasteiger charge is -2.05. The first kappa shape index (κ1) is 14.4. The molecule has 0 aliphatic heterocycles. The van der Waals surface area contributed by atoms with Crippen LogP contribution in [-0.4, -0.2) is 15.5 Å². The molecule has 1 heterocycles. The van der Waals surface area contributed by atoms with Crippen molar-refractivity contribution in [3.05, 3.63) is 45.7 Å². The van der Waals surface area contributed by atoms with Crippen LogP contribution in [0, 0.1) is 3.57 Å². The molecule has 0 spiro atoms. The van der Waals surface area contributed by atoms with Gasteiger partial charge in [0.25, 0.3) is 10.0 Å². The fraction of sp³-hybridized carbons (Fsp3) is 0.167. The molecule has 0 saturated heterocycles. The van der Waals surface area contributed by atoms with Gasteiger partial charge < -0.3 is 9.73 Å². The molecule has 19 heavy (non-hydrogen) atoms. The van der Waals surface area contributed by atoms with E-state index in [9.17, 15) is 8.42 Å². The summed E-state index contributed by atoms with van der Waals surface area (Å²) in [5.74, 6) is 0.575. The molecule has 102 valence electrons. The fourth-order valence-corrected chi connectivity index (χ4v) is 2.87. The molecule has 0 amide bonds. The van der Waals surface area contributed by atoms with Gasteiger partial charge in [0, 0.05) is 9.26 Å². The minimum atomic E-state index is -3.67. The summed E-state index contributed by atoms with van der Waals surface area (Å²) in [5, 5.41) is 2.81. The first-order chi connectivity index (χ1) is 9.01. The lowest BCUT2D eigenvalue weighted by atomic mass is 10.3. The van der Waals surface area contributed by atoms with Crippen molar-refractivity contribution in [2.24, 2.45) is 0 Å². The number of furan rings is 1. The summed E-state index contributed by atoms with van der Waals surface area (Å²) in [6.45, 7) is 0.485. The zero-order chi connectivity index (χ0) is 13.9. The maximum absolute atomic E-state index is 12.1. The Morgan fingerprint density at radius 1 is 1.16 bits per heavy atom. The van der Waals surface area contributed by atoms with Crippen LogP contribution in [0.25, 0.3) is 0 Å². The van der Waals surface area contributed by atoms with Gasteiger partial charge in [0.05, 0.1) is 6.54 Å². The first-order valence-corrected chi connectivity index (χ1v) is 8.09. The van der Waals surface area contributed by atoms with Crippen LogP contribution in [0.5, 0.6) is 0 Å². The van der Waals surface area contributed by atoms with E-state index < -0.39 is 10.0 Å². The minimum absolute atomic E-state index is 0.0868. The van der Waals surface area contributed by atoms with Gasteiger partial charge in [-0.1, -0.05) is 0 Å². The molecular weight excluding hydrogens is 379 g/mol. The van der Waals surface area contributed by atoms with E-state index in [0.29, 0.717) is 18.0 Å². The number of rotatable bonds is 5. The third-order valence-corrected chi connectivity index (χ3v) is 4.32. The maximum Gasteiger partial charge on any atom is 0.295 e. The summed E-state index contributed by atoms with van der Waals surface area (Å²) < 4.78 is 32.9. The molecule has 0 aliphatic rings. The molecule has 0 aliphatic carbocycles. The Morgan fingerprint density at radius 3 is 2.47 bits per heavy atom. The van der Waals surface area contributed by atoms with E-state index in [0.717, 1.165) is 3.57 Å². The molecule has 2 N–H and O–H groups in total. The standard InChI is InChI=1S/C12H13IN2O3S/c1-14-8-11-6-7-12(18-11)19(16,17)15-10-4-2-9(13)3-5-10/h2-7,14-15H,8H2,1H3. The second-order valence-corrected chi connectivity index (χ2v) is 6.72. The van der Waals surface area contributed by atoms with Crippen molar-refractivity contribution in [1.82, 2.24) is 5.32 Å². The highest BCUT2D eigenvalue weighted by atomic mass is 127. The van der Waals surface area contributed by atoms with E-state index in [-0.39, 0.29) is 5.09 Å². The lowest BCUT2D eigenvalue weighted by Crippen LogP contribution is -2.12. The number of nitrogens with one attached hydrogen (secondary N) is 2. The predicted molar refractivity (Wildman–Crippen MR) is 81.4 cm³/mol. The van der Waals surface area contributed by atoms with E-state index in [1.165, 1.54) is 6.07 Å². The molecule has 2 aromatic rings. The van der Waals surface area contributed by atoms with Crippen molar-refractivity contribution in [3.8, 4) is 0 Å². The average molecular weight is 392 g/mol. The van der Waals surface area contributed by atoms with Crippen molar-refractivity contribution in [2.45, 2.75) is 11.6 Å². The molecule has 0 atom stereocenters.